The predicted molar refractivity (Wildman–Crippen MR) is 59.1 cm³/mol. The molecular formula is C11H20N4. The fourth-order valence-electron chi connectivity index (χ4n) is 2.86. The Hall–Kier alpha value is -0.900. The molecule has 1 saturated carbocycles. The molecule has 2 N–H and O–H groups in total. The highest BCUT2D eigenvalue weighted by Gasteiger charge is 2.39. The van der Waals surface area contributed by atoms with E-state index in [0.717, 1.165) is 12.1 Å². The number of nitrogens with zero attached hydrogens (tertiary/aromatic N) is 3. The van der Waals surface area contributed by atoms with E-state index in [-0.39, 0.29) is 11.5 Å². The molecule has 4 heteroatoms. The molecule has 1 aliphatic rings. The highest BCUT2D eigenvalue weighted by Crippen LogP contribution is 2.48. The summed E-state index contributed by atoms with van der Waals surface area (Å²) in [6, 6.07) is 0.0880. The molecule has 1 aromatic rings. The monoisotopic (exact) mass is 208 g/mol. The van der Waals surface area contributed by atoms with Crippen molar-refractivity contribution in [3.8, 4) is 0 Å². The summed E-state index contributed by atoms with van der Waals surface area (Å²) < 4.78 is 1.81. The smallest absolute Gasteiger partial charge is 0.0756 e. The van der Waals surface area contributed by atoms with E-state index >= 15 is 0 Å². The molecule has 1 unspecified atom stereocenters. The topological polar surface area (TPSA) is 56.7 Å². The van der Waals surface area contributed by atoms with Gasteiger partial charge in [-0.1, -0.05) is 25.0 Å². The Balaban J connectivity index is 2.26. The van der Waals surface area contributed by atoms with Gasteiger partial charge < -0.3 is 5.73 Å². The first kappa shape index (κ1) is 10.6. The highest BCUT2D eigenvalue weighted by molar-refractivity contribution is 5.08. The van der Waals surface area contributed by atoms with Crippen LogP contribution in [0.3, 0.4) is 0 Å². The molecule has 4 nitrogen and oxygen atoms in total. The molecule has 1 atom stereocenters. The van der Waals surface area contributed by atoms with Gasteiger partial charge in [0, 0.05) is 7.05 Å². The lowest BCUT2D eigenvalue weighted by Gasteiger charge is -2.33. The van der Waals surface area contributed by atoms with Gasteiger partial charge in [0.05, 0.1) is 17.9 Å². The zero-order valence-electron chi connectivity index (χ0n) is 9.61. The molecule has 0 aromatic carbocycles. The third kappa shape index (κ3) is 1.67. The Morgan fingerprint density at radius 3 is 2.67 bits per heavy atom. The molecule has 2 rings (SSSR count). The van der Waals surface area contributed by atoms with Crippen LogP contribution in [0.4, 0.5) is 0 Å². The number of rotatable bonds is 3. The van der Waals surface area contributed by atoms with Crippen molar-refractivity contribution in [2.75, 3.05) is 0 Å². The maximum absolute atomic E-state index is 6.39. The molecule has 0 saturated heterocycles. The van der Waals surface area contributed by atoms with E-state index in [9.17, 15) is 0 Å². The van der Waals surface area contributed by atoms with E-state index in [1.165, 1.54) is 25.7 Å². The van der Waals surface area contributed by atoms with Gasteiger partial charge in [-0.25, -0.2) is 0 Å². The first-order valence-electron chi connectivity index (χ1n) is 5.80. The van der Waals surface area contributed by atoms with Gasteiger partial charge in [-0.05, 0) is 24.7 Å². The van der Waals surface area contributed by atoms with E-state index in [4.69, 9.17) is 5.73 Å². The zero-order valence-corrected chi connectivity index (χ0v) is 9.61. The van der Waals surface area contributed by atoms with Crippen LogP contribution in [0.2, 0.25) is 0 Å². The minimum Gasteiger partial charge on any atom is -0.322 e. The number of hydrogen-bond donors (Lipinski definition) is 1. The first-order chi connectivity index (χ1) is 7.19. The average Bonchev–Trinajstić information content (AvgIpc) is 2.86. The van der Waals surface area contributed by atoms with Crippen LogP contribution in [0.5, 0.6) is 0 Å². The standard InChI is InChI=1S/C11H20N4/c1-3-11(6-4-5-7-11)10(12)9-8-13-14-15(9)2/h8,10H,3-7,12H2,1-2H3. The minimum absolute atomic E-state index is 0.0880. The van der Waals surface area contributed by atoms with Gasteiger partial charge in [0.1, 0.15) is 0 Å². The second-order valence-corrected chi connectivity index (χ2v) is 4.68. The highest BCUT2D eigenvalue weighted by atomic mass is 15.4. The number of nitrogens with two attached hydrogens (primary N) is 1. The van der Waals surface area contributed by atoms with Crippen molar-refractivity contribution in [1.29, 1.82) is 0 Å². The minimum atomic E-state index is 0.0880. The molecule has 1 aromatic heterocycles. The third-order valence-corrected chi connectivity index (χ3v) is 4.03. The van der Waals surface area contributed by atoms with Crippen molar-refractivity contribution >= 4 is 0 Å². The summed E-state index contributed by atoms with van der Waals surface area (Å²) >= 11 is 0. The van der Waals surface area contributed by atoms with Gasteiger partial charge in [-0.3, -0.25) is 4.68 Å². The van der Waals surface area contributed by atoms with E-state index in [0.29, 0.717) is 0 Å². The van der Waals surface area contributed by atoms with E-state index in [1.807, 2.05) is 7.05 Å². The number of aromatic nitrogens is 3. The lowest BCUT2D eigenvalue weighted by atomic mass is 9.75. The van der Waals surface area contributed by atoms with Crippen LogP contribution >= 0.6 is 0 Å². The Bertz CT molecular complexity index is 325. The maximum atomic E-state index is 6.39. The van der Waals surface area contributed by atoms with Crippen LogP contribution in [0.25, 0.3) is 0 Å². The summed E-state index contributed by atoms with van der Waals surface area (Å²) in [5, 5.41) is 7.87. The summed E-state index contributed by atoms with van der Waals surface area (Å²) in [6.45, 7) is 2.25. The normalized spacial score (nSPS) is 21.8. The third-order valence-electron chi connectivity index (χ3n) is 4.03. The van der Waals surface area contributed by atoms with Crippen molar-refractivity contribution in [1.82, 2.24) is 15.0 Å². The summed E-state index contributed by atoms with van der Waals surface area (Å²) in [6.07, 6.45) is 8.07. The molecule has 84 valence electrons. The average molecular weight is 208 g/mol. The van der Waals surface area contributed by atoms with Crippen molar-refractivity contribution in [3.05, 3.63) is 11.9 Å². The number of hydrogen-bond acceptors (Lipinski definition) is 3. The quantitative estimate of drug-likeness (QED) is 0.823. The van der Waals surface area contributed by atoms with E-state index in [1.54, 1.807) is 10.9 Å². The molecule has 15 heavy (non-hydrogen) atoms. The molecule has 0 bridgehead atoms. The van der Waals surface area contributed by atoms with Crippen LogP contribution in [0.1, 0.15) is 50.8 Å². The van der Waals surface area contributed by atoms with Crippen LogP contribution in [-0.2, 0) is 7.05 Å². The Morgan fingerprint density at radius 1 is 1.53 bits per heavy atom. The largest absolute Gasteiger partial charge is 0.322 e. The summed E-state index contributed by atoms with van der Waals surface area (Å²) in [4.78, 5) is 0. The Labute approximate surface area is 90.8 Å². The van der Waals surface area contributed by atoms with E-state index < -0.39 is 0 Å². The molecule has 0 amide bonds. The van der Waals surface area contributed by atoms with Crippen LogP contribution in [0, 0.1) is 5.41 Å². The number of aryl methyl sites for hydroxylation is 1. The van der Waals surface area contributed by atoms with Crippen molar-refractivity contribution in [2.24, 2.45) is 18.2 Å². The zero-order chi connectivity index (χ0) is 10.9. The van der Waals surface area contributed by atoms with Crippen LogP contribution in [-0.4, -0.2) is 15.0 Å². The van der Waals surface area contributed by atoms with Crippen molar-refractivity contribution < 1.29 is 0 Å². The molecule has 1 aliphatic carbocycles. The molecule has 0 spiro atoms. The van der Waals surface area contributed by atoms with Crippen LogP contribution < -0.4 is 5.73 Å². The lowest BCUT2D eigenvalue weighted by Crippen LogP contribution is -2.33. The van der Waals surface area contributed by atoms with Crippen LogP contribution in [0.15, 0.2) is 6.20 Å². The van der Waals surface area contributed by atoms with Crippen molar-refractivity contribution in [3.63, 3.8) is 0 Å². The van der Waals surface area contributed by atoms with Gasteiger partial charge >= 0.3 is 0 Å². The van der Waals surface area contributed by atoms with Gasteiger partial charge in [0.15, 0.2) is 0 Å². The van der Waals surface area contributed by atoms with Gasteiger partial charge in [-0.15, -0.1) is 5.10 Å². The molecular weight excluding hydrogens is 188 g/mol. The molecule has 1 heterocycles. The summed E-state index contributed by atoms with van der Waals surface area (Å²) in [5.41, 5.74) is 7.75. The lowest BCUT2D eigenvalue weighted by molar-refractivity contribution is 0.214. The van der Waals surface area contributed by atoms with Gasteiger partial charge in [0.2, 0.25) is 0 Å². The molecule has 0 aliphatic heterocycles. The fraction of sp³-hybridized carbons (Fsp3) is 0.818. The first-order valence-corrected chi connectivity index (χ1v) is 5.80. The predicted octanol–water partition coefficient (Wildman–Crippen LogP) is 1.79. The van der Waals surface area contributed by atoms with Gasteiger partial charge in [0.25, 0.3) is 0 Å². The Kier molecular flexibility index (Phi) is 2.78. The maximum Gasteiger partial charge on any atom is 0.0756 e. The fourth-order valence-corrected chi connectivity index (χ4v) is 2.86. The molecule has 1 fully saturated rings. The molecule has 0 radical (unpaired) electrons. The summed E-state index contributed by atoms with van der Waals surface area (Å²) in [5.74, 6) is 0. The van der Waals surface area contributed by atoms with E-state index in [2.05, 4.69) is 17.2 Å². The Morgan fingerprint density at radius 2 is 2.20 bits per heavy atom. The van der Waals surface area contributed by atoms with Gasteiger partial charge in [-0.2, -0.15) is 0 Å². The van der Waals surface area contributed by atoms with Crippen molar-refractivity contribution in [2.45, 2.75) is 45.1 Å². The summed E-state index contributed by atoms with van der Waals surface area (Å²) in [7, 11) is 1.92. The second-order valence-electron chi connectivity index (χ2n) is 4.68. The SMILES string of the molecule is CCC1(C(N)c2cnnn2C)CCCC1. The second kappa shape index (κ2) is 3.93.